The van der Waals surface area contributed by atoms with Gasteiger partial charge in [0.15, 0.2) is 0 Å². The maximum absolute atomic E-state index is 13.5. The van der Waals surface area contributed by atoms with Crippen molar-refractivity contribution < 1.29 is 8.78 Å². The van der Waals surface area contributed by atoms with Crippen molar-refractivity contribution in [2.75, 3.05) is 0 Å². The summed E-state index contributed by atoms with van der Waals surface area (Å²) in [5, 5.41) is 2.31. The zero-order valence-electron chi connectivity index (χ0n) is 8.58. The third-order valence-corrected chi connectivity index (χ3v) is 3.26. The van der Waals surface area contributed by atoms with Crippen LogP contribution in [-0.2, 0) is 0 Å². The Morgan fingerprint density at radius 1 is 1.31 bits per heavy atom. The molecular formula is C11H10F2N2S. The van der Waals surface area contributed by atoms with Crippen LogP contribution >= 0.6 is 11.3 Å². The van der Waals surface area contributed by atoms with Crippen molar-refractivity contribution in [2.45, 2.75) is 13.0 Å². The third-order valence-electron chi connectivity index (χ3n) is 2.21. The minimum atomic E-state index is -0.847. The van der Waals surface area contributed by atoms with Crippen molar-refractivity contribution in [3.8, 4) is 0 Å². The average Bonchev–Trinajstić information content (AvgIpc) is 2.64. The number of aryl methyl sites for hydroxylation is 1. The predicted octanol–water partition coefficient (Wildman–Crippen LogP) is 2.78. The van der Waals surface area contributed by atoms with E-state index in [1.165, 1.54) is 29.5 Å². The first-order chi connectivity index (χ1) is 7.59. The van der Waals surface area contributed by atoms with Gasteiger partial charge >= 0.3 is 0 Å². The second kappa shape index (κ2) is 4.27. The Morgan fingerprint density at radius 3 is 2.44 bits per heavy atom. The number of aromatic nitrogens is 1. The van der Waals surface area contributed by atoms with Gasteiger partial charge in [-0.1, -0.05) is 6.07 Å². The van der Waals surface area contributed by atoms with E-state index in [-0.39, 0.29) is 5.56 Å². The Morgan fingerprint density at radius 2 is 1.94 bits per heavy atom. The van der Waals surface area contributed by atoms with E-state index in [9.17, 15) is 8.78 Å². The number of halogens is 2. The number of nitrogens with two attached hydrogens (primary N) is 1. The van der Waals surface area contributed by atoms with Crippen molar-refractivity contribution in [1.29, 1.82) is 0 Å². The average molecular weight is 240 g/mol. The molecule has 1 heterocycles. The lowest BCUT2D eigenvalue weighted by Crippen LogP contribution is -2.15. The largest absolute Gasteiger partial charge is 0.318 e. The molecule has 0 saturated heterocycles. The highest BCUT2D eigenvalue weighted by Crippen LogP contribution is 2.26. The highest BCUT2D eigenvalue weighted by molar-refractivity contribution is 7.09. The minimum Gasteiger partial charge on any atom is -0.318 e. The molecule has 0 spiro atoms. The molecule has 1 atom stereocenters. The lowest BCUT2D eigenvalue weighted by Gasteiger charge is -2.10. The van der Waals surface area contributed by atoms with Gasteiger partial charge in [-0.05, 0) is 19.1 Å². The minimum absolute atomic E-state index is 0.128. The van der Waals surface area contributed by atoms with Crippen LogP contribution in [0.15, 0.2) is 23.6 Å². The lowest BCUT2D eigenvalue weighted by molar-refractivity contribution is 0.543. The van der Waals surface area contributed by atoms with Crippen molar-refractivity contribution in [3.05, 3.63) is 51.5 Å². The highest BCUT2D eigenvalue weighted by atomic mass is 32.1. The second-order valence-electron chi connectivity index (χ2n) is 3.44. The van der Waals surface area contributed by atoms with Crippen LogP contribution in [0.1, 0.15) is 22.3 Å². The second-order valence-corrected chi connectivity index (χ2v) is 4.33. The molecule has 1 aromatic heterocycles. The molecule has 0 radical (unpaired) electrons. The van der Waals surface area contributed by atoms with Crippen LogP contribution in [0.4, 0.5) is 8.78 Å². The summed E-state index contributed by atoms with van der Waals surface area (Å²) in [4.78, 5) is 4.13. The summed E-state index contributed by atoms with van der Waals surface area (Å²) in [6.45, 7) is 1.81. The van der Waals surface area contributed by atoms with E-state index in [4.69, 9.17) is 5.73 Å². The number of hydrogen-bond donors (Lipinski definition) is 1. The Bertz CT molecular complexity index is 490. The molecule has 2 N–H and O–H groups in total. The molecule has 2 rings (SSSR count). The number of benzene rings is 1. The fraction of sp³-hybridized carbons (Fsp3) is 0.182. The predicted molar refractivity (Wildman–Crippen MR) is 59.2 cm³/mol. The monoisotopic (exact) mass is 240 g/mol. The van der Waals surface area contributed by atoms with E-state index in [1.54, 1.807) is 5.38 Å². The summed E-state index contributed by atoms with van der Waals surface area (Å²) in [5.41, 5.74) is 6.47. The van der Waals surface area contributed by atoms with E-state index in [0.29, 0.717) is 5.01 Å². The standard InChI is InChI=1S/C11H10F2N2S/c1-6-5-16-11(15-6)10(14)9-7(12)3-2-4-8(9)13/h2-5,10H,14H2,1H3. The molecule has 1 aromatic carbocycles. The molecule has 2 aromatic rings. The Hall–Kier alpha value is -1.33. The van der Waals surface area contributed by atoms with E-state index >= 15 is 0 Å². The highest BCUT2D eigenvalue weighted by Gasteiger charge is 2.20. The van der Waals surface area contributed by atoms with Crippen LogP contribution in [-0.4, -0.2) is 4.98 Å². The van der Waals surface area contributed by atoms with Gasteiger partial charge in [0, 0.05) is 16.6 Å². The molecule has 0 aliphatic heterocycles. The summed E-state index contributed by atoms with van der Waals surface area (Å²) < 4.78 is 26.9. The quantitative estimate of drug-likeness (QED) is 0.876. The zero-order chi connectivity index (χ0) is 11.7. The summed E-state index contributed by atoms with van der Waals surface area (Å²) in [5.74, 6) is -1.28. The zero-order valence-corrected chi connectivity index (χ0v) is 9.39. The van der Waals surface area contributed by atoms with Gasteiger partial charge in [0.2, 0.25) is 0 Å². The van der Waals surface area contributed by atoms with Crippen molar-refractivity contribution in [1.82, 2.24) is 4.98 Å². The number of nitrogens with zero attached hydrogens (tertiary/aromatic N) is 1. The van der Waals surface area contributed by atoms with Gasteiger partial charge in [0.1, 0.15) is 16.6 Å². The molecule has 2 nitrogen and oxygen atoms in total. The topological polar surface area (TPSA) is 38.9 Å². The van der Waals surface area contributed by atoms with Crippen LogP contribution in [0.3, 0.4) is 0 Å². The van der Waals surface area contributed by atoms with Gasteiger partial charge in [-0.15, -0.1) is 11.3 Å². The van der Waals surface area contributed by atoms with Crippen LogP contribution in [0, 0.1) is 18.6 Å². The molecule has 0 amide bonds. The van der Waals surface area contributed by atoms with Gasteiger partial charge in [0.25, 0.3) is 0 Å². The SMILES string of the molecule is Cc1csc(C(N)c2c(F)cccc2F)n1. The van der Waals surface area contributed by atoms with E-state index in [2.05, 4.69) is 4.98 Å². The molecule has 16 heavy (non-hydrogen) atoms. The summed E-state index contributed by atoms with van der Waals surface area (Å²) in [7, 11) is 0. The van der Waals surface area contributed by atoms with Crippen molar-refractivity contribution in [3.63, 3.8) is 0 Å². The number of hydrogen-bond acceptors (Lipinski definition) is 3. The van der Waals surface area contributed by atoms with Crippen LogP contribution in [0.2, 0.25) is 0 Å². The van der Waals surface area contributed by atoms with Gasteiger partial charge < -0.3 is 5.73 Å². The molecule has 1 unspecified atom stereocenters. The molecule has 0 aliphatic carbocycles. The lowest BCUT2D eigenvalue weighted by atomic mass is 10.1. The molecular weight excluding hydrogens is 230 g/mol. The maximum Gasteiger partial charge on any atom is 0.131 e. The molecule has 0 saturated carbocycles. The third kappa shape index (κ3) is 1.96. The summed E-state index contributed by atoms with van der Waals surface area (Å²) in [6.07, 6.45) is 0. The molecule has 0 bridgehead atoms. The van der Waals surface area contributed by atoms with E-state index < -0.39 is 17.7 Å². The molecule has 0 fully saturated rings. The normalized spacial score (nSPS) is 12.8. The fourth-order valence-electron chi connectivity index (χ4n) is 1.45. The Kier molecular flexibility index (Phi) is 2.98. The van der Waals surface area contributed by atoms with Gasteiger partial charge in [0.05, 0.1) is 6.04 Å². The Balaban J connectivity index is 2.45. The van der Waals surface area contributed by atoms with Gasteiger partial charge in [-0.2, -0.15) is 0 Å². The molecule has 0 aliphatic rings. The number of rotatable bonds is 2. The van der Waals surface area contributed by atoms with Gasteiger partial charge in [-0.25, -0.2) is 13.8 Å². The first kappa shape index (κ1) is 11.2. The first-order valence-electron chi connectivity index (χ1n) is 4.71. The fourth-order valence-corrected chi connectivity index (χ4v) is 2.25. The smallest absolute Gasteiger partial charge is 0.131 e. The van der Waals surface area contributed by atoms with E-state index in [0.717, 1.165) is 5.69 Å². The first-order valence-corrected chi connectivity index (χ1v) is 5.59. The van der Waals surface area contributed by atoms with Gasteiger partial charge in [-0.3, -0.25) is 0 Å². The van der Waals surface area contributed by atoms with Crippen LogP contribution in [0.5, 0.6) is 0 Å². The summed E-state index contributed by atoms with van der Waals surface area (Å²) >= 11 is 1.30. The molecule has 84 valence electrons. The number of thiazole rings is 1. The molecule has 5 heteroatoms. The van der Waals surface area contributed by atoms with Crippen molar-refractivity contribution >= 4 is 11.3 Å². The van der Waals surface area contributed by atoms with Crippen molar-refractivity contribution in [2.24, 2.45) is 5.73 Å². The summed E-state index contributed by atoms with van der Waals surface area (Å²) in [6, 6.07) is 2.85. The Labute approximate surface area is 95.7 Å². The van der Waals surface area contributed by atoms with Crippen LogP contribution < -0.4 is 5.73 Å². The van der Waals surface area contributed by atoms with E-state index in [1.807, 2.05) is 6.92 Å². The maximum atomic E-state index is 13.5. The van der Waals surface area contributed by atoms with Crippen LogP contribution in [0.25, 0.3) is 0 Å².